The molecule has 0 aliphatic heterocycles. The molecule has 0 spiro atoms. The minimum atomic E-state index is -0.464. The van der Waals surface area contributed by atoms with Crippen LogP contribution >= 0.6 is 11.3 Å². The zero-order valence-corrected chi connectivity index (χ0v) is 19.8. The molecule has 33 heavy (non-hydrogen) atoms. The average Bonchev–Trinajstić information content (AvgIpc) is 3.24. The molecular formula is C23H26N4O5S. The van der Waals surface area contributed by atoms with Gasteiger partial charge in [-0.2, -0.15) is 0 Å². The molecule has 0 radical (unpaired) electrons. The summed E-state index contributed by atoms with van der Waals surface area (Å²) in [5.74, 6) is 0.987. The summed E-state index contributed by atoms with van der Waals surface area (Å²) in [6.45, 7) is 1.26. The highest BCUT2D eigenvalue weighted by atomic mass is 32.1. The minimum Gasteiger partial charge on any atom is -0.495 e. The highest BCUT2D eigenvalue weighted by molar-refractivity contribution is 7.22. The predicted molar refractivity (Wildman–Crippen MR) is 130 cm³/mol. The number of ether oxygens (including phenoxy) is 2. The quantitative estimate of drug-likeness (QED) is 0.249. The van der Waals surface area contributed by atoms with E-state index in [0.717, 1.165) is 17.7 Å². The van der Waals surface area contributed by atoms with E-state index < -0.39 is 4.92 Å². The topological polar surface area (TPSA) is 98.0 Å². The van der Waals surface area contributed by atoms with Gasteiger partial charge in [-0.3, -0.25) is 19.8 Å². The van der Waals surface area contributed by atoms with Crippen molar-refractivity contribution in [1.82, 2.24) is 9.88 Å². The Morgan fingerprint density at radius 3 is 2.55 bits per heavy atom. The van der Waals surface area contributed by atoms with Gasteiger partial charge in [-0.15, -0.1) is 0 Å². The van der Waals surface area contributed by atoms with Crippen LogP contribution in [-0.4, -0.2) is 62.1 Å². The van der Waals surface area contributed by atoms with Gasteiger partial charge < -0.3 is 14.4 Å². The Balaban J connectivity index is 1.95. The van der Waals surface area contributed by atoms with Crippen molar-refractivity contribution in [2.45, 2.75) is 6.42 Å². The predicted octanol–water partition coefficient (Wildman–Crippen LogP) is 4.22. The summed E-state index contributed by atoms with van der Waals surface area (Å²) in [5, 5.41) is 11.6. The molecule has 9 nitrogen and oxygen atoms in total. The lowest BCUT2D eigenvalue weighted by molar-refractivity contribution is -0.384. The molecule has 0 fully saturated rings. The van der Waals surface area contributed by atoms with E-state index in [1.807, 2.05) is 25.1 Å². The Morgan fingerprint density at radius 1 is 1.15 bits per heavy atom. The van der Waals surface area contributed by atoms with E-state index in [-0.39, 0.29) is 11.6 Å². The number of rotatable bonds is 10. The first-order valence-corrected chi connectivity index (χ1v) is 11.1. The van der Waals surface area contributed by atoms with Crippen molar-refractivity contribution in [3.63, 3.8) is 0 Å². The van der Waals surface area contributed by atoms with Crippen LogP contribution in [0.5, 0.6) is 11.5 Å². The molecule has 10 heteroatoms. The van der Waals surface area contributed by atoms with Gasteiger partial charge in [0.25, 0.3) is 11.6 Å². The lowest BCUT2D eigenvalue weighted by atomic mass is 10.2. The van der Waals surface area contributed by atoms with Gasteiger partial charge in [0.1, 0.15) is 21.7 Å². The van der Waals surface area contributed by atoms with Crippen LogP contribution in [0.2, 0.25) is 0 Å². The Hall–Kier alpha value is -3.50. The molecule has 2 aromatic carbocycles. The first-order valence-electron chi connectivity index (χ1n) is 10.2. The third-order valence-corrected chi connectivity index (χ3v) is 5.98. The van der Waals surface area contributed by atoms with Gasteiger partial charge in [0, 0.05) is 24.8 Å². The van der Waals surface area contributed by atoms with E-state index in [1.165, 1.54) is 29.5 Å². The fourth-order valence-corrected chi connectivity index (χ4v) is 4.34. The fourth-order valence-electron chi connectivity index (χ4n) is 3.23. The standard InChI is InChI=1S/C23H26N4O5S/c1-25(2)13-6-14-26(20(28)12-9-16-7-5-8-17(15-16)27(29)30)23-24-21-18(31-3)10-11-19(32-4)22(21)33-23/h5,7-12,15H,6,13-14H2,1-4H3/b12-9+. The molecule has 174 valence electrons. The molecule has 0 saturated heterocycles. The maximum absolute atomic E-state index is 13.2. The number of hydrogen-bond acceptors (Lipinski definition) is 8. The zero-order valence-electron chi connectivity index (χ0n) is 19.0. The van der Waals surface area contributed by atoms with E-state index in [0.29, 0.717) is 34.3 Å². The van der Waals surface area contributed by atoms with Crippen molar-refractivity contribution in [2.24, 2.45) is 0 Å². The van der Waals surface area contributed by atoms with Crippen LogP contribution in [0.1, 0.15) is 12.0 Å². The largest absolute Gasteiger partial charge is 0.495 e. The zero-order chi connectivity index (χ0) is 24.0. The third kappa shape index (κ3) is 5.85. The number of aromatic nitrogens is 1. The number of benzene rings is 2. The van der Waals surface area contributed by atoms with Crippen molar-refractivity contribution in [1.29, 1.82) is 0 Å². The number of hydrogen-bond donors (Lipinski definition) is 0. The Labute approximate surface area is 196 Å². The number of carbonyl (C=O) groups excluding carboxylic acids is 1. The maximum Gasteiger partial charge on any atom is 0.270 e. The highest BCUT2D eigenvalue weighted by Gasteiger charge is 2.21. The molecule has 1 amide bonds. The second-order valence-electron chi connectivity index (χ2n) is 7.48. The molecular weight excluding hydrogens is 444 g/mol. The van der Waals surface area contributed by atoms with Crippen LogP contribution in [0.3, 0.4) is 0 Å². The van der Waals surface area contributed by atoms with Gasteiger partial charge in [-0.05, 0) is 50.8 Å². The normalized spacial score (nSPS) is 11.3. The second kappa shape index (κ2) is 10.9. The monoisotopic (exact) mass is 470 g/mol. The summed E-state index contributed by atoms with van der Waals surface area (Å²) in [6.07, 6.45) is 3.73. The van der Waals surface area contributed by atoms with Gasteiger partial charge in [-0.1, -0.05) is 23.5 Å². The number of nitro benzene ring substituents is 1. The summed E-state index contributed by atoms with van der Waals surface area (Å²) in [5.41, 5.74) is 1.17. The SMILES string of the molecule is COc1ccc(OC)c2sc(N(CCCN(C)C)C(=O)/C=C/c3cccc([N+](=O)[O-])c3)nc12. The first-order chi connectivity index (χ1) is 15.8. The number of thiazole rings is 1. The maximum atomic E-state index is 13.2. The molecule has 0 unspecified atom stereocenters. The number of nitrogens with zero attached hydrogens (tertiary/aromatic N) is 4. The Kier molecular flexibility index (Phi) is 7.96. The van der Waals surface area contributed by atoms with Crippen molar-refractivity contribution in [2.75, 3.05) is 46.3 Å². The lowest BCUT2D eigenvalue weighted by Crippen LogP contribution is -2.32. The number of nitro groups is 1. The van der Waals surface area contributed by atoms with Crippen LogP contribution in [0.25, 0.3) is 16.3 Å². The molecule has 3 rings (SSSR count). The number of methoxy groups -OCH3 is 2. The van der Waals surface area contributed by atoms with E-state index in [4.69, 9.17) is 9.47 Å². The van der Waals surface area contributed by atoms with Gasteiger partial charge >= 0.3 is 0 Å². The van der Waals surface area contributed by atoms with Crippen molar-refractivity contribution >= 4 is 44.4 Å². The third-order valence-electron chi connectivity index (χ3n) is 4.88. The van der Waals surface area contributed by atoms with Crippen molar-refractivity contribution in [3.05, 3.63) is 58.2 Å². The summed E-state index contributed by atoms with van der Waals surface area (Å²) < 4.78 is 11.7. The van der Waals surface area contributed by atoms with Gasteiger partial charge in [-0.25, -0.2) is 4.98 Å². The van der Waals surface area contributed by atoms with Crippen LogP contribution in [0, 0.1) is 10.1 Å². The number of carbonyl (C=O) groups is 1. The number of amides is 1. The van der Waals surface area contributed by atoms with Gasteiger partial charge in [0.2, 0.25) is 0 Å². The molecule has 0 aliphatic rings. The molecule has 1 aromatic heterocycles. The Morgan fingerprint density at radius 2 is 1.88 bits per heavy atom. The molecule has 0 N–H and O–H groups in total. The number of fused-ring (bicyclic) bond motifs is 1. The van der Waals surface area contributed by atoms with Crippen molar-refractivity contribution in [3.8, 4) is 11.5 Å². The first kappa shape index (κ1) is 24.1. The molecule has 0 aliphatic carbocycles. The number of anilines is 1. The van der Waals surface area contributed by atoms with Crippen LogP contribution in [0.15, 0.2) is 42.5 Å². The average molecular weight is 471 g/mol. The van der Waals surface area contributed by atoms with Crippen LogP contribution in [-0.2, 0) is 4.79 Å². The molecule has 0 bridgehead atoms. The summed E-state index contributed by atoms with van der Waals surface area (Å²) >= 11 is 1.35. The molecule has 0 atom stereocenters. The fraction of sp³-hybridized carbons (Fsp3) is 0.304. The molecule has 3 aromatic rings. The van der Waals surface area contributed by atoms with E-state index >= 15 is 0 Å². The van der Waals surface area contributed by atoms with E-state index in [9.17, 15) is 14.9 Å². The van der Waals surface area contributed by atoms with Crippen LogP contribution < -0.4 is 14.4 Å². The Bertz CT molecular complexity index is 1130. The smallest absolute Gasteiger partial charge is 0.270 e. The highest BCUT2D eigenvalue weighted by Crippen LogP contribution is 2.40. The summed E-state index contributed by atoms with van der Waals surface area (Å²) in [4.78, 5) is 32.1. The summed E-state index contributed by atoms with van der Waals surface area (Å²) in [7, 11) is 7.11. The number of non-ortho nitro benzene ring substituents is 1. The lowest BCUT2D eigenvalue weighted by Gasteiger charge is -2.19. The minimum absolute atomic E-state index is 0.0298. The molecule has 1 heterocycles. The summed E-state index contributed by atoms with van der Waals surface area (Å²) in [6, 6.07) is 9.72. The van der Waals surface area contributed by atoms with Gasteiger partial charge in [0.05, 0.1) is 19.1 Å². The van der Waals surface area contributed by atoms with Crippen LogP contribution in [0.4, 0.5) is 10.8 Å². The van der Waals surface area contributed by atoms with Gasteiger partial charge in [0.15, 0.2) is 5.13 Å². The molecule has 0 saturated carbocycles. The van der Waals surface area contributed by atoms with E-state index in [2.05, 4.69) is 4.98 Å². The second-order valence-corrected chi connectivity index (χ2v) is 8.45. The van der Waals surface area contributed by atoms with Crippen molar-refractivity contribution < 1.29 is 19.2 Å². The van der Waals surface area contributed by atoms with E-state index in [1.54, 1.807) is 43.4 Å².